The molecule has 0 saturated carbocycles. The van der Waals surface area contributed by atoms with E-state index in [1.165, 1.54) is 0 Å². The Balaban J connectivity index is 1.44. The molecule has 132 valence electrons. The summed E-state index contributed by atoms with van der Waals surface area (Å²) >= 11 is 0. The van der Waals surface area contributed by atoms with Crippen molar-refractivity contribution in [3.05, 3.63) is 60.2 Å². The van der Waals surface area contributed by atoms with Gasteiger partial charge in [-0.05, 0) is 6.92 Å². The third-order valence-corrected chi connectivity index (χ3v) is 4.46. The van der Waals surface area contributed by atoms with Crippen molar-refractivity contribution in [3.8, 4) is 11.3 Å². The van der Waals surface area contributed by atoms with Gasteiger partial charge in [0.1, 0.15) is 17.9 Å². The fourth-order valence-corrected chi connectivity index (χ4v) is 3.05. The van der Waals surface area contributed by atoms with Gasteiger partial charge in [0.2, 0.25) is 0 Å². The third kappa shape index (κ3) is 3.28. The summed E-state index contributed by atoms with van der Waals surface area (Å²) in [6.07, 6.45) is 1.59. The average molecular weight is 349 g/mol. The number of rotatable bonds is 3. The minimum atomic E-state index is -0.0887. The topological polar surface area (TPSA) is 75.4 Å². The molecule has 0 spiro atoms. The molecule has 0 bridgehead atoms. The van der Waals surface area contributed by atoms with E-state index in [0.717, 1.165) is 17.1 Å². The van der Waals surface area contributed by atoms with E-state index in [-0.39, 0.29) is 5.91 Å². The van der Waals surface area contributed by atoms with Crippen molar-refractivity contribution in [1.82, 2.24) is 20.0 Å². The molecule has 0 atom stereocenters. The summed E-state index contributed by atoms with van der Waals surface area (Å²) in [5.41, 5.74) is 2.32. The van der Waals surface area contributed by atoms with Gasteiger partial charge in [0.25, 0.3) is 5.91 Å². The standard InChI is InChI=1S/C19H19N5O2/c1-14-11-17(22-26-14)19(25)24-9-7-23(8-10-24)18-12-16(20-13-21-18)15-5-3-2-4-6-15/h2-6,11-13H,7-10H2,1H3. The zero-order chi connectivity index (χ0) is 17.9. The Morgan fingerprint density at radius 3 is 2.50 bits per heavy atom. The molecular formula is C19H19N5O2. The Bertz CT molecular complexity index is 901. The first kappa shape index (κ1) is 16.3. The first-order valence-corrected chi connectivity index (χ1v) is 8.56. The van der Waals surface area contributed by atoms with Gasteiger partial charge in [-0.2, -0.15) is 0 Å². The second kappa shape index (κ2) is 6.95. The molecule has 26 heavy (non-hydrogen) atoms. The van der Waals surface area contributed by atoms with Gasteiger partial charge in [0, 0.05) is 43.9 Å². The van der Waals surface area contributed by atoms with Crippen LogP contribution in [0.15, 0.2) is 53.3 Å². The SMILES string of the molecule is Cc1cc(C(=O)N2CCN(c3cc(-c4ccccc4)ncn3)CC2)no1. The first-order chi connectivity index (χ1) is 12.7. The largest absolute Gasteiger partial charge is 0.361 e. The minimum Gasteiger partial charge on any atom is -0.361 e. The van der Waals surface area contributed by atoms with Gasteiger partial charge in [-0.15, -0.1) is 0 Å². The maximum Gasteiger partial charge on any atom is 0.276 e. The number of piperazine rings is 1. The molecule has 1 fully saturated rings. The molecule has 3 heterocycles. The zero-order valence-corrected chi connectivity index (χ0v) is 14.5. The highest BCUT2D eigenvalue weighted by atomic mass is 16.5. The number of aryl methyl sites for hydroxylation is 1. The van der Waals surface area contributed by atoms with Gasteiger partial charge in [-0.25, -0.2) is 9.97 Å². The highest BCUT2D eigenvalue weighted by Crippen LogP contribution is 2.21. The Kier molecular flexibility index (Phi) is 4.35. The summed E-state index contributed by atoms with van der Waals surface area (Å²) < 4.78 is 5.00. The van der Waals surface area contributed by atoms with Crippen LogP contribution >= 0.6 is 0 Å². The molecule has 0 N–H and O–H groups in total. The van der Waals surface area contributed by atoms with Gasteiger partial charge in [0.15, 0.2) is 5.69 Å². The fourth-order valence-electron chi connectivity index (χ4n) is 3.05. The van der Waals surface area contributed by atoms with Crippen molar-refractivity contribution in [2.24, 2.45) is 0 Å². The average Bonchev–Trinajstić information content (AvgIpc) is 3.15. The molecule has 1 aromatic carbocycles. The minimum absolute atomic E-state index is 0.0887. The van der Waals surface area contributed by atoms with Gasteiger partial charge >= 0.3 is 0 Å². The van der Waals surface area contributed by atoms with Crippen molar-refractivity contribution in [2.75, 3.05) is 31.1 Å². The number of benzene rings is 1. The lowest BCUT2D eigenvalue weighted by atomic mass is 10.1. The number of carbonyl (C=O) groups excluding carboxylic acids is 1. The summed E-state index contributed by atoms with van der Waals surface area (Å²) in [6, 6.07) is 13.7. The second-order valence-corrected chi connectivity index (χ2v) is 6.23. The van der Waals surface area contributed by atoms with Crippen LogP contribution in [-0.2, 0) is 0 Å². The van der Waals surface area contributed by atoms with Crippen LogP contribution in [0.2, 0.25) is 0 Å². The maximum atomic E-state index is 12.5. The van der Waals surface area contributed by atoms with Crippen molar-refractivity contribution in [2.45, 2.75) is 6.92 Å². The number of hydrogen-bond donors (Lipinski definition) is 0. The van der Waals surface area contributed by atoms with E-state index in [0.29, 0.717) is 37.6 Å². The number of anilines is 1. The van der Waals surface area contributed by atoms with Crippen LogP contribution in [-0.4, -0.2) is 52.1 Å². The summed E-state index contributed by atoms with van der Waals surface area (Å²) in [4.78, 5) is 25.2. The first-order valence-electron chi connectivity index (χ1n) is 8.56. The van der Waals surface area contributed by atoms with Crippen LogP contribution in [0, 0.1) is 6.92 Å². The number of hydrogen-bond acceptors (Lipinski definition) is 6. The monoisotopic (exact) mass is 349 g/mol. The fraction of sp³-hybridized carbons (Fsp3) is 0.263. The number of aromatic nitrogens is 3. The van der Waals surface area contributed by atoms with Crippen LogP contribution in [0.5, 0.6) is 0 Å². The van der Waals surface area contributed by atoms with Crippen molar-refractivity contribution in [3.63, 3.8) is 0 Å². The molecule has 7 heteroatoms. The second-order valence-electron chi connectivity index (χ2n) is 6.23. The smallest absolute Gasteiger partial charge is 0.276 e. The van der Waals surface area contributed by atoms with E-state index in [2.05, 4.69) is 20.0 Å². The van der Waals surface area contributed by atoms with E-state index in [4.69, 9.17) is 4.52 Å². The number of amides is 1. The lowest BCUT2D eigenvalue weighted by Gasteiger charge is -2.35. The van der Waals surface area contributed by atoms with E-state index in [1.54, 1.807) is 24.2 Å². The molecule has 2 aromatic heterocycles. The Labute approximate surface area is 151 Å². The van der Waals surface area contributed by atoms with E-state index >= 15 is 0 Å². The summed E-state index contributed by atoms with van der Waals surface area (Å²) in [7, 11) is 0. The molecule has 4 rings (SSSR count). The van der Waals surface area contributed by atoms with E-state index in [1.807, 2.05) is 36.4 Å². The maximum absolute atomic E-state index is 12.5. The molecule has 1 aliphatic rings. The quantitative estimate of drug-likeness (QED) is 0.723. The van der Waals surface area contributed by atoms with Crippen LogP contribution in [0.4, 0.5) is 5.82 Å². The molecule has 1 saturated heterocycles. The molecule has 0 unspecified atom stereocenters. The van der Waals surface area contributed by atoms with Gasteiger partial charge < -0.3 is 14.3 Å². The predicted octanol–water partition coefficient (Wildman–Crippen LogP) is 2.40. The van der Waals surface area contributed by atoms with Gasteiger partial charge in [-0.1, -0.05) is 35.5 Å². The van der Waals surface area contributed by atoms with Crippen molar-refractivity contribution >= 4 is 11.7 Å². The van der Waals surface area contributed by atoms with Crippen LogP contribution in [0.25, 0.3) is 11.3 Å². The highest BCUT2D eigenvalue weighted by Gasteiger charge is 2.25. The van der Waals surface area contributed by atoms with Crippen molar-refractivity contribution in [1.29, 1.82) is 0 Å². The Morgan fingerprint density at radius 1 is 1.04 bits per heavy atom. The molecule has 3 aromatic rings. The molecule has 0 aliphatic carbocycles. The molecule has 7 nitrogen and oxygen atoms in total. The van der Waals surface area contributed by atoms with Gasteiger partial charge in [0.05, 0.1) is 5.69 Å². The summed E-state index contributed by atoms with van der Waals surface area (Å²) in [5, 5.41) is 3.81. The summed E-state index contributed by atoms with van der Waals surface area (Å²) in [6.45, 7) is 4.45. The number of nitrogens with zero attached hydrogens (tertiary/aromatic N) is 5. The predicted molar refractivity (Wildman–Crippen MR) is 96.8 cm³/mol. The molecule has 1 amide bonds. The van der Waals surface area contributed by atoms with Crippen LogP contribution in [0.1, 0.15) is 16.2 Å². The van der Waals surface area contributed by atoms with Crippen molar-refractivity contribution < 1.29 is 9.32 Å². The van der Waals surface area contributed by atoms with Crippen LogP contribution in [0.3, 0.4) is 0 Å². The number of carbonyl (C=O) groups is 1. The Hall–Kier alpha value is -3.22. The third-order valence-electron chi connectivity index (χ3n) is 4.46. The van der Waals surface area contributed by atoms with Gasteiger partial charge in [-0.3, -0.25) is 4.79 Å². The summed E-state index contributed by atoms with van der Waals surface area (Å²) in [5.74, 6) is 1.43. The molecule has 1 aliphatic heterocycles. The highest BCUT2D eigenvalue weighted by molar-refractivity contribution is 5.92. The zero-order valence-electron chi connectivity index (χ0n) is 14.5. The molecule has 0 radical (unpaired) electrons. The normalized spacial score (nSPS) is 14.5. The Morgan fingerprint density at radius 2 is 1.81 bits per heavy atom. The molecular weight excluding hydrogens is 330 g/mol. The van der Waals surface area contributed by atoms with Crippen LogP contribution < -0.4 is 4.90 Å². The lowest BCUT2D eigenvalue weighted by Crippen LogP contribution is -2.49. The lowest BCUT2D eigenvalue weighted by molar-refractivity contribution is 0.0736. The van der Waals surface area contributed by atoms with E-state index in [9.17, 15) is 4.79 Å². The van der Waals surface area contributed by atoms with E-state index < -0.39 is 0 Å².